The third-order valence-corrected chi connectivity index (χ3v) is 15.0. The number of aryl methyl sites for hydroxylation is 3. The number of amidine groups is 1. The number of alkyl halides is 3. The molecule has 4 fully saturated rings. The molecular formula is C56H62BrClF2N8O3. The number of hydrogen-bond donors (Lipinski definition) is 3. The van der Waals surface area contributed by atoms with Gasteiger partial charge in [0.1, 0.15) is 17.2 Å². The highest BCUT2D eigenvalue weighted by Gasteiger charge is 2.40. The number of aromatic nitrogens is 2. The van der Waals surface area contributed by atoms with Gasteiger partial charge in [0.15, 0.2) is 5.78 Å². The van der Waals surface area contributed by atoms with E-state index in [0.29, 0.717) is 77.0 Å². The number of nitrogens with zero attached hydrogens (tertiary/aromatic N) is 5. The maximum atomic E-state index is 15.7. The van der Waals surface area contributed by atoms with E-state index in [1.54, 1.807) is 64.4 Å². The van der Waals surface area contributed by atoms with Crippen LogP contribution in [0, 0.1) is 48.8 Å². The summed E-state index contributed by atoms with van der Waals surface area (Å²) in [6.45, 7) is 8.70. The Morgan fingerprint density at radius 3 is 1.51 bits per heavy atom. The number of carbonyl (C=O) groups excluding carboxylic acids is 3. The number of nitriles is 2. The van der Waals surface area contributed by atoms with Gasteiger partial charge in [0.25, 0.3) is 11.8 Å². The maximum Gasteiger partial charge on any atom is 0.254 e. The van der Waals surface area contributed by atoms with Gasteiger partial charge in [-0.1, -0.05) is 65.2 Å². The summed E-state index contributed by atoms with van der Waals surface area (Å²) in [5.41, 5.74) is 11.9. The number of halogens is 4. The molecule has 5 aromatic rings. The number of aromatic amines is 1. The number of likely N-dealkylation sites (tertiary alicyclic amines) is 2. The minimum absolute atomic E-state index is 0. The molecule has 0 spiro atoms. The quantitative estimate of drug-likeness (QED) is 0.0568. The van der Waals surface area contributed by atoms with Crippen LogP contribution in [-0.4, -0.2) is 74.7 Å². The molecule has 2 amide bonds. The van der Waals surface area contributed by atoms with Crippen LogP contribution < -0.4 is 5.73 Å². The van der Waals surface area contributed by atoms with Crippen molar-refractivity contribution in [3.63, 3.8) is 0 Å². The van der Waals surface area contributed by atoms with E-state index in [-0.39, 0.29) is 66.9 Å². The third kappa shape index (κ3) is 12.3. The second-order valence-corrected chi connectivity index (χ2v) is 19.8. The number of ketones is 1. The predicted molar refractivity (Wildman–Crippen MR) is 279 cm³/mol. The predicted octanol–water partition coefficient (Wildman–Crippen LogP) is 12.1. The molecule has 1 aromatic heterocycles. The molecular weight excluding hydrogens is 986 g/mol. The van der Waals surface area contributed by atoms with Crippen molar-refractivity contribution in [1.82, 2.24) is 19.8 Å². The first-order valence-corrected chi connectivity index (χ1v) is 25.3. The SMILES string of the molecule is CC(=N)N.Cc1cc(C2CCC2)c(C(=O)CBr)cc1C(=O)N1CCC(F)(c2ccc(C#N)cc2)CC1.Cc1ncc(-c2cc(C(=O)N3CCC(F)(c4ccc(C#N)cc4)CC3)c(C)cc2C2CCC2)[nH]1.Cl. The summed E-state index contributed by atoms with van der Waals surface area (Å²) in [4.78, 5) is 50.6. The summed E-state index contributed by atoms with van der Waals surface area (Å²) in [5, 5.41) is 24.4. The van der Waals surface area contributed by atoms with Crippen LogP contribution in [0.15, 0.2) is 79.0 Å². The van der Waals surface area contributed by atoms with Gasteiger partial charge in [-0.2, -0.15) is 10.5 Å². The third-order valence-electron chi connectivity index (χ3n) is 14.5. The Labute approximate surface area is 430 Å². The van der Waals surface area contributed by atoms with Gasteiger partial charge < -0.3 is 20.5 Å². The molecule has 15 heteroatoms. The van der Waals surface area contributed by atoms with Gasteiger partial charge in [0, 0.05) is 74.1 Å². The van der Waals surface area contributed by atoms with Crippen molar-refractivity contribution < 1.29 is 23.2 Å². The van der Waals surface area contributed by atoms with Crippen LogP contribution in [0.25, 0.3) is 11.3 Å². The van der Waals surface area contributed by atoms with Crippen molar-refractivity contribution in [2.24, 2.45) is 5.73 Å². The topological polar surface area (TPSA) is 184 Å². The molecule has 71 heavy (non-hydrogen) atoms. The Morgan fingerprint density at radius 2 is 1.14 bits per heavy atom. The highest BCUT2D eigenvalue weighted by molar-refractivity contribution is 9.09. The number of nitrogens with two attached hydrogens (primary N) is 1. The van der Waals surface area contributed by atoms with Crippen LogP contribution in [0.2, 0.25) is 0 Å². The molecule has 3 heterocycles. The second kappa shape index (κ2) is 23.3. The molecule has 0 atom stereocenters. The first-order chi connectivity index (χ1) is 33.5. The number of carbonyl (C=O) groups is 3. The molecule has 11 nitrogen and oxygen atoms in total. The first-order valence-electron chi connectivity index (χ1n) is 24.2. The van der Waals surface area contributed by atoms with E-state index in [1.165, 1.54) is 38.2 Å². The Balaban J connectivity index is 0.000000214. The summed E-state index contributed by atoms with van der Waals surface area (Å²) >= 11 is 3.27. The first kappa shape index (κ1) is 54.1. The van der Waals surface area contributed by atoms with Gasteiger partial charge in [-0.05, 0) is 135 Å². The van der Waals surface area contributed by atoms with Crippen molar-refractivity contribution in [3.05, 3.63) is 146 Å². The minimum Gasteiger partial charge on any atom is -0.388 e. The van der Waals surface area contributed by atoms with Crippen LogP contribution in [-0.2, 0) is 11.3 Å². The van der Waals surface area contributed by atoms with Crippen LogP contribution in [0.4, 0.5) is 8.78 Å². The summed E-state index contributed by atoms with van der Waals surface area (Å²) in [5.74, 6) is 1.73. The smallest absolute Gasteiger partial charge is 0.254 e. The largest absolute Gasteiger partial charge is 0.388 e. The molecule has 0 unspecified atom stereocenters. The van der Waals surface area contributed by atoms with E-state index in [0.717, 1.165) is 46.6 Å². The highest BCUT2D eigenvalue weighted by atomic mass is 79.9. The lowest BCUT2D eigenvalue weighted by Gasteiger charge is -2.37. The fourth-order valence-corrected chi connectivity index (χ4v) is 10.2. The van der Waals surface area contributed by atoms with Crippen LogP contribution in [0.5, 0.6) is 0 Å². The lowest BCUT2D eigenvalue weighted by molar-refractivity contribution is 0.0412. The van der Waals surface area contributed by atoms with E-state index >= 15 is 8.78 Å². The van der Waals surface area contributed by atoms with Crippen molar-refractivity contribution >= 4 is 51.8 Å². The van der Waals surface area contributed by atoms with Crippen molar-refractivity contribution in [1.29, 1.82) is 15.9 Å². The molecule has 4 aliphatic rings. The van der Waals surface area contributed by atoms with Gasteiger partial charge in [-0.25, -0.2) is 13.8 Å². The van der Waals surface area contributed by atoms with Crippen molar-refractivity contribution in [2.45, 2.75) is 115 Å². The lowest BCUT2D eigenvalue weighted by atomic mass is 9.76. The van der Waals surface area contributed by atoms with Crippen molar-refractivity contribution in [2.75, 3.05) is 31.5 Å². The molecule has 2 aliphatic heterocycles. The average Bonchev–Trinajstić information content (AvgIpc) is 3.76. The maximum absolute atomic E-state index is 15.7. The molecule has 0 radical (unpaired) electrons. The number of amides is 2. The number of nitrogens with one attached hydrogen (secondary N) is 2. The molecule has 2 saturated heterocycles. The summed E-state index contributed by atoms with van der Waals surface area (Å²) < 4.78 is 31.3. The molecule has 0 bridgehead atoms. The van der Waals surface area contributed by atoms with Gasteiger partial charge in [-0.3, -0.25) is 19.8 Å². The Hall–Kier alpha value is -6.22. The zero-order valence-electron chi connectivity index (χ0n) is 40.8. The monoisotopic (exact) mass is 1050 g/mol. The van der Waals surface area contributed by atoms with E-state index in [1.807, 2.05) is 45.2 Å². The fourth-order valence-electron chi connectivity index (χ4n) is 9.87. The number of H-pyrrole nitrogens is 1. The molecule has 372 valence electrons. The number of rotatable bonds is 9. The number of benzene rings is 4. The zero-order valence-corrected chi connectivity index (χ0v) is 43.2. The summed E-state index contributed by atoms with van der Waals surface area (Å²) in [7, 11) is 0. The molecule has 9 rings (SSSR count). The van der Waals surface area contributed by atoms with E-state index < -0.39 is 11.3 Å². The summed E-state index contributed by atoms with van der Waals surface area (Å²) in [6, 6.07) is 25.3. The van der Waals surface area contributed by atoms with E-state index in [9.17, 15) is 14.4 Å². The molecule has 2 aliphatic carbocycles. The Kier molecular flexibility index (Phi) is 17.8. The van der Waals surface area contributed by atoms with Crippen LogP contribution >= 0.6 is 28.3 Å². The van der Waals surface area contributed by atoms with Crippen LogP contribution in [0.3, 0.4) is 0 Å². The number of Topliss-reactive ketones (excluding diaryl/α,β-unsaturated/α-hetero) is 1. The number of imidazole rings is 1. The normalized spacial score (nSPS) is 17.0. The lowest BCUT2D eigenvalue weighted by Crippen LogP contribution is -2.43. The second-order valence-electron chi connectivity index (χ2n) is 19.3. The number of hydrogen-bond acceptors (Lipinski definition) is 7. The van der Waals surface area contributed by atoms with Crippen molar-refractivity contribution in [3.8, 4) is 23.4 Å². The standard InChI is InChI=1S/C28H29FN4O.C26H26BrFN2O2.C2H6N2.ClH/c1-18-14-24(21-4-3-5-21)25(26-17-31-19(2)32-26)15-23(18)27(34)33-12-10-28(29,11-13-33)22-8-6-20(16-30)7-9-22;1-17-13-22(19-3-2-4-19)23(24(31)15-27)14-21(17)25(32)30-11-9-26(28,10-12-30)20-7-5-18(16-29)6-8-20;1-2(3)4;/h6-9,14-15,17,21H,3-5,10-13H2,1-2H3,(H,31,32);5-8,13-14,19H,2-4,9-12,15H2,1H3;1H3,(H3,3,4);1H. The number of piperidine rings is 2. The molecule has 2 saturated carbocycles. The van der Waals surface area contributed by atoms with Gasteiger partial charge >= 0.3 is 0 Å². The average molecular weight is 1050 g/mol. The van der Waals surface area contributed by atoms with Gasteiger partial charge in [0.2, 0.25) is 0 Å². The fraction of sp³-hybridized carbons (Fsp3) is 0.411. The Morgan fingerprint density at radius 1 is 0.732 bits per heavy atom. The minimum atomic E-state index is -1.51. The molecule has 4 aromatic carbocycles. The zero-order chi connectivity index (χ0) is 50.3. The Bertz CT molecular complexity index is 2830. The van der Waals surface area contributed by atoms with E-state index in [4.69, 9.17) is 21.7 Å². The van der Waals surface area contributed by atoms with E-state index in [2.05, 4.69) is 38.0 Å². The van der Waals surface area contributed by atoms with Crippen LogP contribution in [0.1, 0.15) is 164 Å². The van der Waals surface area contributed by atoms with Gasteiger partial charge in [-0.15, -0.1) is 12.4 Å². The molecule has 4 N–H and O–H groups in total. The van der Waals surface area contributed by atoms with Gasteiger partial charge in [0.05, 0.1) is 46.3 Å². The highest BCUT2D eigenvalue weighted by Crippen LogP contribution is 2.44. The summed E-state index contributed by atoms with van der Waals surface area (Å²) in [6.07, 6.45) is 9.66.